The minimum absolute atomic E-state index is 0.166. The lowest BCUT2D eigenvalue weighted by Crippen LogP contribution is -2.34. The van der Waals surface area contributed by atoms with E-state index >= 15 is 0 Å². The minimum Gasteiger partial charge on any atom is -0.481 e. The van der Waals surface area contributed by atoms with Gasteiger partial charge in [0.1, 0.15) is 0 Å². The lowest BCUT2D eigenvalue weighted by Gasteiger charge is -2.26. The van der Waals surface area contributed by atoms with Crippen molar-refractivity contribution in [2.45, 2.75) is 38.3 Å². The van der Waals surface area contributed by atoms with E-state index in [0.717, 1.165) is 43.5 Å². The minimum atomic E-state index is -0.660. The molecule has 0 atom stereocenters. The summed E-state index contributed by atoms with van der Waals surface area (Å²) in [5, 5.41) is 17.6. The molecule has 2 N–H and O–H groups in total. The van der Waals surface area contributed by atoms with Gasteiger partial charge < -0.3 is 10.4 Å². The molecule has 1 aliphatic rings. The van der Waals surface area contributed by atoms with E-state index < -0.39 is 5.97 Å². The Morgan fingerprint density at radius 2 is 1.96 bits per heavy atom. The number of carboxylic acids is 1. The quantitative estimate of drug-likeness (QED) is 0.881. The molecule has 0 aliphatic heterocycles. The number of aliphatic carboxylic acids is 1. The predicted molar refractivity (Wildman–Crippen MR) is 88.8 cm³/mol. The van der Waals surface area contributed by atoms with E-state index in [4.69, 9.17) is 16.7 Å². The van der Waals surface area contributed by atoms with Crippen molar-refractivity contribution >= 4 is 17.6 Å². The van der Waals surface area contributed by atoms with Gasteiger partial charge in [-0.25, -0.2) is 4.68 Å². The summed E-state index contributed by atoms with van der Waals surface area (Å²) in [6.45, 7) is 0.746. The van der Waals surface area contributed by atoms with Gasteiger partial charge in [0.2, 0.25) is 0 Å². The Balaban J connectivity index is 1.52. The molecule has 122 valence electrons. The van der Waals surface area contributed by atoms with Crippen LogP contribution in [0.4, 0.5) is 0 Å². The summed E-state index contributed by atoms with van der Waals surface area (Å²) in [7, 11) is 0. The van der Waals surface area contributed by atoms with E-state index in [1.807, 2.05) is 41.3 Å². The lowest BCUT2D eigenvalue weighted by molar-refractivity contribution is -0.142. The molecule has 1 fully saturated rings. The first-order valence-electron chi connectivity index (χ1n) is 7.87. The summed E-state index contributed by atoms with van der Waals surface area (Å²) in [6, 6.07) is 7.94. The van der Waals surface area contributed by atoms with Crippen molar-refractivity contribution in [2.75, 3.05) is 0 Å². The summed E-state index contributed by atoms with van der Waals surface area (Å²) < 4.78 is 1.83. The number of hydrogen-bond acceptors (Lipinski definition) is 3. The first kappa shape index (κ1) is 16.0. The van der Waals surface area contributed by atoms with Crippen molar-refractivity contribution < 1.29 is 9.90 Å². The van der Waals surface area contributed by atoms with Gasteiger partial charge in [-0.05, 0) is 49.9 Å². The topological polar surface area (TPSA) is 67.2 Å². The predicted octanol–water partition coefficient (Wildman–Crippen LogP) is 3.26. The highest BCUT2D eigenvalue weighted by atomic mass is 35.5. The van der Waals surface area contributed by atoms with Crippen LogP contribution < -0.4 is 5.32 Å². The molecule has 1 heterocycles. The second-order valence-corrected chi connectivity index (χ2v) is 6.47. The van der Waals surface area contributed by atoms with Gasteiger partial charge >= 0.3 is 5.97 Å². The number of carboxylic acid groups (broad SMARTS) is 1. The third-order valence-electron chi connectivity index (χ3n) is 4.40. The summed E-state index contributed by atoms with van der Waals surface area (Å²) in [4.78, 5) is 11.0. The monoisotopic (exact) mass is 333 g/mol. The number of carbonyl (C=O) groups is 1. The Kier molecular flexibility index (Phi) is 4.98. The van der Waals surface area contributed by atoms with Gasteiger partial charge in [-0.2, -0.15) is 5.10 Å². The van der Waals surface area contributed by atoms with Gasteiger partial charge in [0, 0.05) is 29.4 Å². The van der Waals surface area contributed by atoms with Crippen LogP contribution in [0.5, 0.6) is 0 Å². The standard InChI is InChI=1S/C17H20ClN3O2/c18-14-3-7-16(8-4-14)21-11-12(10-20-21)9-19-15-5-1-13(2-6-15)17(22)23/h3-4,7-8,10-11,13,15,19H,1-2,5-6,9H2,(H,22,23). The Morgan fingerprint density at radius 3 is 2.61 bits per heavy atom. The van der Waals surface area contributed by atoms with Crippen LogP contribution >= 0.6 is 11.6 Å². The van der Waals surface area contributed by atoms with Crippen LogP contribution in [0.1, 0.15) is 31.2 Å². The number of nitrogens with zero attached hydrogens (tertiary/aromatic N) is 2. The van der Waals surface area contributed by atoms with Crippen LogP contribution in [0.25, 0.3) is 5.69 Å². The molecule has 6 heteroatoms. The molecule has 0 saturated heterocycles. The van der Waals surface area contributed by atoms with Crippen molar-refractivity contribution in [3.63, 3.8) is 0 Å². The molecule has 0 bridgehead atoms. The molecule has 1 aromatic carbocycles. The third-order valence-corrected chi connectivity index (χ3v) is 4.65. The summed E-state index contributed by atoms with van der Waals surface area (Å²) in [5.74, 6) is -0.826. The second kappa shape index (κ2) is 7.15. The van der Waals surface area contributed by atoms with Gasteiger partial charge in [-0.3, -0.25) is 4.79 Å². The molecular weight excluding hydrogens is 314 g/mol. The molecular formula is C17H20ClN3O2. The Hall–Kier alpha value is -1.85. The lowest BCUT2D eigenvalue weighted by atomic mass is 9.86. The van der Waals surface area contributed by atoms with Crippen LogP contribution in [0.15, 0.2) is 36.7 Å². The number of halogens is 1. The van der Waals surface area contributed by atoms with Gasteiger partial charge in [0.25, 0.3) is 0 Å². The van der Waals surface area contributed by atoms with E-state index in [0.29, 0.717) is 11.1 Å². The zero-order valence-corrected chi connectivity index (χ0v) is 13.5. The molecule has 0 amide bonds. The number of rotatable bonds is 5. The van der Waals surface area contributed by atoms with Crippen LogP contribution in [-0.2, 0) is 11.3 Å². The number of benzene rings is 1. The van der Waals surface area contributed by atoms with Gasteiger partial charge in [-0.1, -0.05) is 11.6 Å². The van der Waals surface area contributed by atoms with Crippen LogP contribution in [0.3, 0.4) is 0 Å². The van der Waals surface area contributed by atoms with E-state index in [9.17, 15) is 4.79 Å². The number of hydrogen-bond donors (Lipinski definition) is 2. The molecule has 0 radical (unpaired) electrons. The maximum absolute atomic E-state index is 11.0. The summed E-state index contributed by atoms with van der Waals surface area (Å²) in [5.41, 5.74) is 2.09. The number of aromatic nitrogens is 2. The van der Waals surface area contributed by atoms with Crippen LogP contribution in [0, 0.1) is 5.92 Å². The second-order valence-electron chi connectivity index (χ2n) is 6.04. The van der Waals surface area contributed by atoms with E-state index in [-0.39, 0.29) is 5.92 Å². The normalized spacial score (nSPS) is 21.3. The smallest absolute Gasteiger partial charge is 0.306 e. The molecule has 0 spiro atoms. The fourth-order valence-electron chi connectivity index (χ4n) is 2.99. The average Bonchev–Trinajstić information content (AvgIpc) is 3.03. The molecule has 2 aromatic rings. The highest BCUT2D eigenvalue weighted by Gasteiger charge is 2.25. The SMILES string of the molecule is O=C(O)C1CCC(NCc2cnn(-c3ccc(Cl)cc3)c2)CC1. The number of nitrogens with one attached hydrogen (secondary N) is 1. The van der Waals surface area contributed by atoms with Crippen molar-refractivity contribution in [1.82, 2.24) is 15.1 Å². The van der Waals surface area contributed by atoms with Crippen LogP contribution in [0.2, 0.25) is 5.02 Å². The Labute approximate surface area is 140 Å². The summed E-state index contributed by atoms with van der Waals surface area (Å²) >= 11 is 5.89. The molecule has 5 nitrogen and oxygen atoms in total. The first-order chi connectivity index (χ1) is 11.1. The van der Waals surface area contributed by atoms with Gasteiger partial charge in [0.15, 0.2) is 0 Å². The highest BCUT2D eigenvalue weighted by Crippen LogP contribution is 2.24. The fraction of sp³-hybridized carbons (Fsp3) is 0.412. The van der Waals surface area contributed by atoms with E-state index in [1.54, 1.807) is 0 Å². The fourth-order valence-corrected chi connectivity index (χ4v) is 3.12. The Morgan fingerprint density at radius 1 is 1.26 bits per heavy atom. The summed E-state index contributed by atoms with van der Waals surface area (Å²) in [6.07, 6.45) is 7.21. The molecule has 1 aromatic heterocycles. The van der Waals surface area contributed by atoms with Gasteiger partial charge in [0.05, 0.1) is 17.8 Å². The average molecular weight is 334 g/mol. The first-order valence-corrected chi connectivity index (χ1v) is 8.25. The largest absolute Gasteiger partial charge is 0.481 e. The maximum Gasteiger partial charge on any atom is 0.306 e. The van der Waals surface area contributed by atoms with Gasteiger partial charge in [-0.15, -0.1) is 0 Å². The molecule has 23 heavy (non-hydrogen) atoms. The zero-order chi connectivity index (χ0) is 16.2. The maximum atomic E-state index is 11.0. The van der Waals surface area contributed by atoms with E-state index in [2.05, 4.69) is 10.4 Å². The Bertz CT molecular complexity index is 661. The van der Waals surface area contributed by atoms with Crippen molar-refractivity contribution in [1.29, 1.82) is 0 Å². The van der Waals surface area contributed by atoms with Crippen molar-refractivity contribution in [3.8, 4) is 5.69 Å². The van der Waals surface area contributed by atoms with Crippen molar-refractivity contribution in [2.24, 2.45) is 5.92 Å². The molecule has 3 rings (SSSR count). The molecule has 0 unspecified atom stereocenters. The van der Waals surface area contributed by atoms with E-state index in [1.165, 1.54) is 0 Å². The highest BCUT2D eigenvalue weighted by molar-refractivity contribution is 6.30. The third kappa shape index (κ3) is 4.12. The zero-order valence-electron chi connectivity index (χ0n) is 12.8. The van der Waals surface area contributed by atoms with Crippen LogP contribution in [-0.4, -0.2) is 26.9 Å². The molecule has 1 saturated carbocycles. The molecule has 1 aliphatic carbocycles. The van der Waals surface area contributed by atoms with Crippen molar-refractivity contribution in [3.05, 3.63) is 47.2 Å².